The van der Waals surface area contributed by atoms with E-state index < -0.39 is 49.3 Å². The van der Waals surface area contributed by atoms with Gasteiger partial charge in [-0.05, 0) is 31.2 Å². The lowest BCUT2D eigenvalue weighted by Crippen LogP contribution is -2.42. The highest BCUT2D eigenvalue weighted by atomic mass is 35.5. The number of benzene rings is 1. The molecule has 1 atom stereocenters. The Morgan fingerprint density at radius 3 is 2.29 bits per heavy atom. The smallest absolute Gasteiger partial charge is 0.374 e. The summed E-state index contributed by atoms with van der Waals surface area (Å²) >= 11 is 12.7. The summed E-state index contributed by atoms with van der Waals surface area (Å²) in [5.74, 6) is -1.86. The Hall–Kier alpha value is -2.51. The average Bonchev–Trinajstić information content (AvgIpc) is 3.34. The van der Waals surface area contributed by atoms with Crippen molar-refractivity contribution in [2.24, 2.45) is 5.16 Å². The molecule has 1 aromatic carbocycles. The van der Waals surface area contributed by atoms with E-state index in [-0.39, 0.29) is 31.8 Å². The van der Waals surface area contributed by atoms with Gasteiger partial charge in [-0.15, -0.1) is 11.3 Å². The fourth-order valence-electron chi connectivity index (χ4n) is 3.19. The second-order valence-corrected chi connectivity index (χ2v) is 9.57. The molecule has 0 saturated heterocycles. The van der Waals surface area contributed by atoms with Gasteiger partial charge >= 0.3 is 12.4 Å². The van der Waals surface area contributed by atoms with E-state index >= 15 is 0 Å². The molecule has 2 heterocycles. The number of nitrogens with one attached hydrogen (secondary N) is 2. The van der Waals surface area contributed by atoms with E-state index in [1.54, 1.807) is 5.32 Å². The standard InChI is InChI=1S/C20H15Cl2F6N3O3S/c1-9-13(17(33)29-7-16(32)30-8-19(23,24)25)5-15(35-9)14-6-18(34-31-14,20(26,27)28)10-2-11(21)4-12(22)3-10/h2-5H,6-8H2,1H3,(H,29,33)(H,30,32). The number of hydrogen-bond donors (Lipinski definition) is 2. The third-order valence-corrected chi connectivity index (χ3v) is 6.39. The van der Waals surface area contributed by atoms with Crippen molar-refractivity contribution in [2.75, 3.05) is 13.1 Å². The monoisotopic (exact) mass is 561 g/mol. The molecule has 2 aromatic rings. The molecule has 0 aliphatic carbocycles. The molecule has 2 amide bonds. The molecule has 190 valence electrons. The molecule has 0 fully saturated rings. The molecule has 35 heavy (non-hydrogen) atoms. The maximum atomic E-state index is 14.1. The summed E-state index contributed by atoms with van der Waals surface area (Å²) in [5.41, 5.74) is -3.27. The minimum absolute atomic E-state index is 0.0200. The predicted octanol–water partition coefficient (Wildman–Crippen LogP) is 5.35. The Kier molecular flexibility index (Phi) is 7.63. The minimum Gasteiger partial charge on any atom is -0.374 e. The van der Waals surface area contributed by atoms with Crippen LogP contribution in [0.2, 0.25) is 10.0 Å². The SMILES string of the molecule is Cc1sc(C2=NOC(c3cc(Cl)cc(Cl)c3)(C(F)(F)F)C2)cc1C(=O)NCC(=O)NCC(F)(F)F. The van der Waals surface area contributed by atoms with Gasteiger partial charge in [-0.1, -0.05) is 28.4 Å². The van der Waals surface area contributed by atoms with Gasteiger partial charge in [-0.2, -0.15) is 26.3 Å². The maximum Gasteiger partial charge on any atom is 0.435 e. The van der Waals surface area contributed by atoms with Crippen molar-refractivity contribution in [3.63, 3.8) is 0 Å². The van der Waals surface area contributed by atoms with E-state index in [0.717, 1.165) is 23.5 Å². The van der Waals surface area contributed by atoms with Crippen LogP contribution >= 0.6 is 34.5 Å². The Labute approximate surface area is 208 Å². The lowest BCUT2D eigenvalue weighted by Gasteiger charge is -2.29. The zero-order chi connectivity index (χ0) is 26.2. The van der Waals surface area contributed by atoms with Crippen LogP contribution in [0.1, 0.15) is 32.1 Å². The molecule has 3 rings (SSSR count). The molecule has 0 radical (unpaired) electrons. The van der Waals surface area contributed by atoms with Crippen molar-refractivity contribution < 1.29 is 40.8 Å². The van der Waals surface area contributed by atoms with Crippen LogP contribution < -0.4 is 10.6 Å². The van der Waals surface area contributed by atoms with Gasteiger partial charge in [0.05, 0.1) is 23.4 Å². The van der Waals surface area contributed by atoms with Gasteiger partial charge in [-0.25, -0.2) is 0 Å². The van der Waals surface area contributed by atoms with Crippen LogP contribution in [-0.4, -0.2) is 43.0 Å². The second-order valence-electron chi connectivity index (χ2n) is 7.44. The molecule has 0 bridgehead atoms. The molecule has 15 heteroatoms. The van der Waals surface area contributed by atoms with Crippen LogP contribution in [0, 0.1) is 6.92 Å². The summed E-state index contributed by atoms with van der Waals surface area (Å²) in [6.07, 6.45) is -10.2. The van der Waals surface area contributed by atoms with E-state index in [1.165, 1.54) is 19.1 Å². The van der Waals surface area contributed by atoms with Gasteiger partial charge < -0.3 is 15.5 Å². The first-order valence-electron chi connectivity index (χ1n) is 9.62. The first kappa shape index (κ1) is 27.1. The summed E-state index contributed by atoms with van der Waals surface area (Å²) < 4.78 is 78.8. The van der Waals surface area contributed by atoms with Gasteiger partial charge in [0.15, 0.2) is 0 Å². The fourth-order valence-corrected chi connectivity index (χ4v) is 4.71. The Morgan fingerprint density at radius 2 is 1.71 bits per heavy atom. The van der Waals surface area contributed by atoms with E-state index in [9.17, 15) is 35.9 Å². The normalized spacial score (nSPS) is 18.1. The number of carbonyl (C=O) groups is 2. The van der Waals surface area contributed by atoms with Crippen molar-refractivity contribution in [1.29, 1.82) is 0 Å². The van der Waals surface area contributed by atoms with E-state index in [4.69, 9.17) is 28.0 Å². The van der Waals surface area contributed by atoms with Crippen LogP contribution in [0.3, 0.4) is 0 Å². The summed E-state index contributed by atoms with van der Waals surface area (Å²) in [6, 6.07) is 4.68. The summed E-state index contributed by atoms with van der Waals surface area (Å²) in [7, 11) is 0. The number of halogens is 8. The zero-order valence-corrected chi connectivity index (χ0v) is 19.9. The number of aryl methyl sites for hydroxylation is 1. The van der Waals surface area contributed by atoms with E-state index in [2.05, 4.69) is 10.5 Å². The van der Waals surface area contributed by atoms with Gasteiger partial charge in [0.25, 0.3) is 11.5 Å². The highest BCUT2D eigenvalue weighted by Crippen LogP contribution is 2.50. The lowest BCUT2D eigenvalue weighted by molar-refractivity contribution is -0.275. The number of alkyl halides is 6. The highest BCUT2D eigenvalue weighted by Gasteiger charge is 2.62. The fraction of sp³-hybridized carbons (Fsp3) is 0.350. The maximum absolute atomic E-state index is 14.1. The van der Waals surface area contributed by atoms with Crippen molar-refractivity contribution in [2.45, 2.75) is 31.3 Å². The molecule has 2 N–H and O–H groups in total. The minimum atomic E-state index is -4.90. The Morgan fingerprint density at radius 1 is 1.09 bits per heavy atom. The summed E-state index contributed by atoms with van der Waals surface area (Å²) in [5, 5.41) is 7.33. The summed E-state index contributed by atoms with van der Waals surface area (Å²) in [4.78, 5) is 29.4. The van der Waals surface area contributed by atoms with Crippen LogP contribution in [0.25, 0.3) is 0 Å². The lowest BCUT2D eigenvalue weighted by atomic mass is 9.88. The molecule has 1 aliphatic heterocycles. The molecule has 0 spiro atoms. The largest absolute Gasteiger partial charge is 0.435 e. The van der Waals surface area contributed by atoms with Gasteiger partial charge in [-0.3, -0.25) is 9.59 Å². The number of nitrogens with zero attached hydrogens (tertiary/aromatic N) is 1. The van der Waals surface area contributed by atoms with Crippen LogP contribution in [0.15, 0.2) is 29.4 Å². The number of rotatable bonds is 6. The zero-order valence-electron chi connectivity index (χ0n) is 17.5. The average molecular weight is 562 g/mol. The predicted molar refractivity (Wildman–Crippen MR) is 117 cm³/mol. The number of amides is 2. The van der Waals surface area contributed by atoms with Crippen molar-refractivity contribution in [3.8, 4) is 0 Å². The highest BCUT2D eigenvalue weighted by molar-refractivity contribution is 7.14. The van der Waals surface area contributed by atoms with E-state index in [0.29, 0.717) is 4.88 Å². The number of thiophene rings is 1. The second kappa shape index (κ2) is 9.86. The molecule has 1 aromatic heterocycles. The number of hydrogen-bond acceptors (Lipinski definition) is 5. The third kappa shape index (κ3) is 6.19. The molecular formula is C20H15Cl2F6N3O3S. The topological polar surface area (TPSA) is 79.8 Å². The van der Waals surface area contributed by atoms with E-state index in [1.807, 2.05) is 0 Å². The Balaban J connectivity index is 1.76. The van der Waals surface area contributed by atoms with Crippen molar-refractivity contribution >= 4 is 52.1 Å². The van der Waals surface area contributed by atoms with Gasteiger partial charge in [0.2, 0.25) is 5.91 Å². The molecule has 6 nitrogen and oxygen atoms in total. The van der Waals surface area contributed by atoms with Crippen LogP contribution in [0.4, 0.5) is 26.3 Å². The molecule has 1 aliphatic rings. The quantitative estimate of drug-likeness (QED) is 0.466. The van der Waals surface area contributed by atoms with Crippen molar-refractivity contribution in [1.82, 2.24) is 10.6 Å². The number of oxime groups is 1. The van der Waals surface area contributed by atoms with Gasteiger partial charge in [0.1, 0.15) is 12.3 Å². The molecular weight excluding hydrogens is 547 g/mol. The third-order valence-electron chi connectivity index (χ3n) is 4.86. The first-order chi connectivity index (χ1) is 16.1. The number of carbonyl (C=O) groups excluding carboxylic acids is 2. The first-order valence-corrected chi connectivity index (χ1v) is 11.2. The van der Waals surface area contributed by atoms with Crippen LogP contribution in [-0.2, 0) is 15.2 Å². The van der Waals surface area contributed by atoms with Crippen LogP contribution in [0.5, 0.6) is 0 Å². The van der Waals surface area contributed by atoms with Crippen molar-refractivity contribution in [3.05, 3.63) is 55.2 Å². The molecule has 0 saturated carbocycles. The molecule has 1 unspecified atom stereocenters. The summed E-state index contributed by atoms with van der Waals surface area (Å²) in [6.45, 7) is -0.769. The van der Waals surface area contributed by atoms with Gasteiger partial charge in [0, 0.05) is 20.5 Å². The Bertz CT molecular complexity index is 1160.